The second kappa shape index (κ2) is 11.0. The lowest BCUT2D eigenvalue weighted by molar-refractivity contribution is 0.591. The molecule has 3 heterocycles. The fourth-order valence-electron chi connectivity index (χ4n) is 7.16. The van der Waals surface area contributed by atoms with E-state index in [1.54, 1.807) is 0 Å². The largest absolute Gasteiger partial charge is 0.309 e. The Hall–Kier alpha value is -6.07. The number of para-hydroxylation sites is 3. The van der Waals surface area contributed by atoms with Gasteiger partial charge in [-0.05, 0) is 66.4 Å². The van der Waals surface area contributed by atoms with Crippen molar-refractivity contribution in [3.05, 3.63) is 151 Å². The fraction of sp³-hybridized carbons (Fsp3) is 0.114. The standard InChI is InChI=1S/C44H35N5/c1-28-22-24-40-34(26-28)31-16-9-12-20-37(31)49(40)43-46-41(29-14-6-5-7-15-29)45-42(47-43)33-18-10-13-21-38(33)48-36-19-11-8-17-32(36)35-27-30(44(2,3)4)23-25-39(35)48/h5-27H,1-4H3. The van der Waals surface area contributed by atoms with Crippen molar-refractivity contribution >= 4 is 43.6 Å². The second-order valence-electron chi connectivity index (χ2n) is 13.9. The number of nitrogens with zero attached hydrogens (tertiary/aromatic N) is 5. The van der Waals surface area contributed by atoms with Crippen molar-refractivity contribution in [1.82, 2.24) is 24.1 Å². The van der Waals surface area contributed by atoms with E-state index in [9.17, 15) is 0 Å². The van der Waals surface area contributed by atoms with Crippen LogP contribution in [0.2, 0.25) is 0 Å². The summed E-state index contributed by atoms with van der Waals surface area (Å²) in [7, 11) is 0. The minimum atomic E-state index is 0.0376. The highest BCUT2D eigenvalue weighted by atomic mass is 15.2. The summed E-state index contributed by atoms with van der Waals surface area (Å²) in [5.41, 5.74) is 9.87. The molecule has 0 N–H and O–H groups in total. The smallest absolute Gasteiger partial charge is 0.238 e. The lowest BCUT2D eigenvalue weighted by Gasteiger charge is -2.19. The molecule has 9 aromatic rings. The van der Waals surface area contributed by atoms with E-state index >= 15 is 0 Å². The van der Waals surface area contributed by atoms with E-state index in [4.69, 9.17) is 15.0 Å². The summed E-state index contributed by atoms with van der Waals surface area (Å²) < 4.78 is 4.54. The van der Waals surface area contributed by atoms with Gasteiger partial charge in [0.1, 0.15) is 0 Å². The van der Waals surface area contributed by atoms with Crippen LogP contribution in [0.3, 0.4) is 0 Å². The van der Waals surface area contributed by atoms with Crippen molar-refractivity contribution in [1.29, 1.82) is 0 Å². The van der Waals surface area contributed by atoms with Crippen LogP contribution in [0.4, 0.5) is 0 Å². The number of hydrogen-bond donors (Lipinski definition) is 0. The number of aryl methyl sites for hydroxylation is 1. The lowest BCUT2D eigenvalue weighted by Crippen LogP contribution is -2.10. The van der Waals surface area contributed by atoms with E-state index in [0.29, 0.717) is 17.6 Å². The molecular weight excluding hydrogens is 599 g/mol. The van der Waals surface area contributed by atoms with Gasteiger partial charge in [-0.3, -0.25) is 4.57 Å². The zero-order chi connectivity index (χ0) is 33.3. The molecule has 0 unspecified atom stereocenters. The van der Waals surface area contributed by atoms with Crippen LogP contribution in [-0.2, 0) is 5.41 Å². The average Bonchev–Trinajstić information content (AvgIpc) is 3.63. The molecule has 0 aliphatic carbocycles. The van der Waals surface area contributed by atoms with Crippen LogP contribution in [0.15, 0.2) is 140 Å². The van der Waals surface area contributed by atoms with Gasteiger partial charge >= 0.3 is 0 Å². The molecule has 0 fully saturated rings. The minimum Gasteiger partial charge on any atom is -0.309 e. The quantitative estimate of drug-likeness (QED) is 0.194. The molecule has 0 atom stereocenters. The van der Waals surface area contributed by atoms with Gasteiger partial charge in [0.05, 0.1) is 27.8 Å². The lowest BCUT2D eigenvalue weighted by atomic mass is 9.86. The van der Waals surface area contributed by atoms with Crippen LogP contribution in [0.25, 0.3) is 78.0 Å². The summed E-state index contributed by atoms with van der Waals surface area (Å²) in [6, 6.07) is 49.3. The van der Waals surface area contributed by atoms with Gasteiger partial charge in [-0.2, -0.15) is 9.97 Å². The topological polar surface area (TPSA) is 48.5 Å². The van der Waals surface area contributed by atoms with Crippen LogP contribution < -0.4 is 0 Å². The van der Waals surface area contributed by atoms with Crippen molar-refractivity contribution in [2.45, 2.75) is 33.1 Å². The van der Waals surface area contributed by atoms with Gasteiger partial charge in [0.25, 0.3) is 0 Å². The molecule has 0 bridgehead atoms. The normalized spacial score (nSPS) is 12.1. The van der Waals surface area contributed by atoms with E-state index in [-0.39, 0.29) is 5.41 Å². The Bertz CT molecular complexity index is 2710. The van der Waals surface area contributed by atoms with Crippen LogP contribution >= 0.6 is 0 Å². The molecule has 0 saturated carbocycles. The van der Waals surface area contributed by atoms with Crippen molar-refractivity contribution in [2.24, 2.45) is 0 Å². The molecule has 3 aromatic heterocycles. The van der Waals surface area contributed by atoms with Gasteiger partial charge in [0, 0.05) is 32.7 Å². The van der Waals surface area contributed by atoms with Crippen LogP contribution in [0.5, 0.6) is 0 Å². The third-order valence-corrected chi connectivity index (χ3v) is 9.61. The molecule has 0 radical (unpaired) electrons. The van der Waals surface area contributed by atoms with Crippen LogP contribution in [-0.4, -0.2) is 24.1 Å². The number of fused-ring (bicyclic) bond motifs is 6. The zero-order valence-corrected chi connectivity index (χ0v) is 28.0. The molecule has 236 valence electrons. The molecule has 0 saturated heterocycles. The minimum absolute atomic E-state index is 0.0376. The maximum Gasteiger partial charge on any atom is 0.238 e. The Balaban J connectivity index is 1.34. The average molecular weight is 634 g/mol. The summed E-state index contributed by atoms with van der Waals surface area (Å²) in [4.78, 5) is 15.6. The Labute approximate surface area is 285 Å². The SMILES string of the molecule is Cc1ccc2c(c1)c1ccccc1n2-c1nc(-c2ccccc2)nc(-c2ccccc2-n2c3ccccc3c3cc(C(C)(C)C)ccc32)n1. The highest BCUT2D eigenvalue weighted by Crippen LogP contribution is 2.38. The van der Waals surface area contributed by atoms with Crippen molar-refractivity contribution in [3.63, 3.8) is 0 Å². The first-order valence-corrected chi connectivity index (χ1v) is 16.8. The first-order chi connectivity index (χ1) is 23.8. The molecule has 5 nitrogen and oxygen atoms in total. The Kier molecular flexibility index (Phi) is 6.53. The highest BCUT2D eigenvalue weighted by Gasteiger charge is 2.22. The molecule has 0 aliphatic heterocycles. The third kappa shape index (κ3) is 4.73. The monoisotopic (exact) mass is 633 g/mol. The fourth-order valence-corrected chi connectivity index (χ4v) is 7.16. The molecule has 0 amide bonds. The summed E-state index contributed by atoms with van der Waals surface area (Å²) >= 11 is 0. The van der Waals surface area contributed by atoms with Gasteiger partial charge in [-0.25, -0.2) is 4.98 Å². The maximum absolute atomic E-state index is 5.30. The molecule has 0 aliphatic rings. The summed E-state index contributed by atoms with van der Waals surface area (Å²) in [5.74, 6) is 1.84. The number of benzene rings is 6. The Morgan fingerprint density at radius 3 is 1.80 bits per heavy atom. The first kappa shape index (κ1) is 29.1. The van der Waals surface area contributed by atoms with E-state index in [0.717, 1.165) is 38.9 Å². The Morgan fingerprint density at radius 2 is 1.04 bits per heavy atom. The molecule has 9 rings (SSSR count). The first-order valence-electron chi connectivity index (χ1n) is 16.8. The third-order valence-electron chi connectivity index (χ3n) is 9.61. The zero-order valence-electron chi connectivity index (χ0n) is 28.0. The van der Waals surface area contributed by atoms with Gasteiger partial charge in [-0.1, -0.05) is 117 Å². The highest BCUT2D eigenvalue weighted by molar-refractivity contribution is 6.10. The molecule has 49 heavy (non-hydrogen) atoms. The molecule has 6 aromatic carbocycles. The van der Waals surface area contributed by atoms with Gasteiger partial charge in [0.15, 0.2) is 11.6 Å². The second-order valence-corrected chi connectivity index (χ2v) is 13.9. The number of hydrogen-bond acceptors (Lipinski definition) is 3. The predicted molar refractivity (Wildman–Crippen MR) is 203 cm³/mol. The van der Waals surface area contributed by atoms with E-state index in [1.807, 2.05) is 18.2 Å². The molecular formula is C44H35N5. The van der Waals surface area contributed by atoms with Gasteiger partial charge in [0.2, 0.25) is 5.95 Å². The number of rotatable bonds is 4. The predicted octanol–water partition coefficient (Wildman–Crippen LogP) is 11.0. The van der Waals surface area contributed by atoms with Crippen molar-refractivity contribution < 1.29 is 0 Å². The number of aromatic nitrogens is 5. The molecule has 5 heteroatoms. The maximum atomic E-state index is 5.30. The van der Waals surface area contributed by atoms with E-state index in [2.05, 4.69) is 158 Å². The van der Waals surface area contributed by atoms with Crippen molar-refractivity contribution in [2.75, 3.05) is 0 Å². The summed E-state index contributed by atoms with van der Waals surface area (Å²) in [6.07, 6.45) is 0. The Morgan fingerprint density at radius 1 is 0.469 bits per heavy atom. The van der Waals surface area contributed by atoms with E-state index in [1.165, 1.54) is 32.7 Å². The van der Waals surface area contributed by atoms with Crippen LogP contribution in [0.1, 0.15) is 31.9 Å². The van der Waals surface area contributed by atoms with Gasteiger partial charge in [-0.15, -0.1) is 0 Å². The molecule has 0 spiro atoms. The van der Waals surface area contributed by atoms with Crippen molar-refractivity contribution in [3.8, 4) is 34.4 Å². The van der Waals surface area contributed by atoms with Gasteiger partial charge < -0.3 is 4.57 Å². The summed E-state index contributed by atoms with van der Waals surface area (Å²) in [5, 5.41) is 4.81. The van der Waals surface area contributed by atoms with E-state index < -0.39 is 0 Å². The summed E-state index contributed by atoms with van der Waals surface area (Å²) in [6.45, 7) is 8.94. The van der Waals surface area contributed by atoms with Crippen LogP contribution in [0, 0.1) is 6.92 Å².